The maximum absolute atomic E-state index is 5.50. The van der Waals surface area contributed by atoms with Crippen molar-refractivity contribution >= 4 is 22.5 Å². The molecule has 2 aromatic heterocycles. The molecule has 1 atom stereocenters. The van der Waals surface area contributed by atoms with Crippen LogP contribution in [0.15, 0.2) is 36.7 Å². The van der Waals surface area contributed by atoms with Crippen LogP contribution in [0.25, 0.3) is 22.3 Å². The van der Waals surface area contributed by atoms with Gasteiger partial charge >= 0.3 is 0 Å². The minimum atomic E-state index is 0.612. The van der Waals surface area contributed by atoms with Crippen molar-refractivity contribution in [3.05, 3.63) is 42.2 Å². The van der Waals surface area contributed by atoms with E-state index in [1.54, 1.807) is 12.4 Å². The molecule has 2 saturated heterocycles. The van der Waals surface area contributed by atoms with E-state index in [9.17, 15) is 0 Å². The van der Waals surface area contributed by atoms with Crippen LogP contribution < -0.4 is 15.5 Å². The highest BCUT2D eigenvalue weighted by Gasteiger charge is 2.17. The molecule has 0 aliphatic carbocycles. The summed E-state index contributed by atoms with van der Waals surface area (Å²) in [6.45, 7) is 8.70. The number of piperidine rings is 1. The summed E-state index contributed by atoms with van der Waals surface area (Å²) in [7, 11) is 0. The molecule has 0 spiro atoms. The fraction of sp³-hybridized carbons (Fsp3) is 0.458. The summed E-state index contributed by atoms with van der Waals surface area (Å²) in [6.07, 6.45) is 5.95. The maximum Gasteiger partial charge on any atom is 0.154 e. The molecule has 2 fully saturated rings. The lowest BCUT2D eigenvalue weighted by atomic mass is 10.00. The molecule has 31 heavy (non-hydrogen) atoms. The second-order valence-electron chi connectivity index (χ2n) is 8.47. The zero-order chi connectivity index (χ0) is 21.0. The Hall–Kier alpha value is -2.77. The Balaban J connectivity index is 1.44. The number of aryl methyl sites for hydroxylation is 1. The second kappa shape index (κ2) is 9.16. The SMILES string of the molecule is Cc1cc(-c2cc3nccnc3c(NCC3CCCNC3)n2)ccc1N1CCOCC1. The molecule has 2 N–H and O–H groups in total. The Bertz CT molecular complexity index is 1040. The van der Waals surface area contributed by atoms with Crippen LogP contribution in [0.5, 0.6) is 0 Å². The van der Waals surface area contributed by atoms with Crippen LogP contribution in [0, 0.1) is 12.8 Å². The summed E-state index contributed by atoms with van der Waals surface area (Å²) in [4.78, 5) is 16.5. The Morgan fingerprint density at radius 1 is 1.16 bits per heavy atom. The topological polar surface area (TPSA) is 75.2 Å². The van der Waals surface area contributed by atoms with Crippen molar-refractivity contribution in [3.8, 4) is 11.3 Å². The van der Waals surface area contributed by atoms with Crippen molar-refractivity contribution < 1.29 is 4.74 Å². The molecular weight excluding hydrogens is 388 g/mol. The van der Waals surface area contributed by atoms with Gasteiger partial charge in [0.2, 0.25) is 0 Å². The Morgan fingerprint density at radius 3 is 2.84 bits per heavy atom. The van der Waals surface area contributed by atoms with E-state index < -0.39 is 0 Å². The van der Waals surface area contributed by atoms with E-state index in [1.807, 2.05) is 6.07 Å². The number of pyridine rings is 1. The van der Waals surface area contributed by atoms with E-state index in [2.05, 4.69) is 50.6 Å². The van der Waals surface area contributed by atoms with Crippen molar-refractivity contribution in [2.45, 2.75) is 19.8 Å². The van der Waals surface area contributed by atoms with Gasteiger partial charge in [-0.2, -0.15) is 0 Å². The number of morpholine rings is 1. The lowest BCUT2D eigenvalue weighted by molar-refractivity contribution is 0.122. The molecule has 162 valence electrons. The van der Waals surface area contributed by atoms with E-state index in [4.69, 9.17) is 9.72 Å². The number of nitrogens with one attached hydrogen (secondary N) is 2. The molecule has 0 amide bonds. The number of hydrogen-bond acceptors (Lipinski definition) is 7. The van der Waals surface area contributed by atoms with Crippen molar-refractivity contribution in [1.29, 1.82) is 0 Å². The van der Waals surface area contributed by atoms with Gasteiger partial charge in [-0.25, -0.2) is 9.97 Å². The van der Waals surface area contributed by atoms with Crippen LogP contribution >= 0.6 is 0 Å². The van der Waals surface area contributed by atoms with Gasteiger partial charge in [-0.3, -0.25) is 4.98 Å². The number of fused-ring (bicyclic) bond motifs is 1. The summed E-state index contributed by atoms with van der Waals surface area (Å²) in [5, 5.41) is 7.05. The lowest BCUT2D eigenvalue weighted by Crippen LogP contribution is -2.36. The van der Waals surface area contributed by atoms with Gasteiger partial charge in [-0.1, -0.05) is 6.07 Å². The van der Waals surface area contributed by atoms with Crippen molar-refractivity contribution in [2.75, 3.05) is 56.2 Å². The highest BCUT2D eigenvalue weighted by molar-refractivity contribution is 5.88. The summed E-state index contributed by atoms with van der Waals surface area (Å²) >= 11 is 0. The Morgan fingerprint density at radius 2 is 2.03 bits per heavy atom. The molecule has 0 saturated carbocycles. The lowest BCUT2D eigenvalue weighted by Gasteiger charge is -2.30. The van der Waals surface area contributed by atoms with E-state index in [0.29, 0.717) is 5.92 Å². The minimum absolute atomic E-state index is 0.612. The van der Waals surface area contributed by atoms with Crippen LogP contribution in [0.4, 0.5) is 11.5 Å². The first-order valence-corrected chi connectivity index (χ1v) is 11.3. The Kier molecular flexibility index (Phi) is 5.95. The third-order valence-corrected chi connectivity index (χ3v) is 6.26. The molecule has 4 heterocycles. The van der Waals surface area contributed by atoms with Crippen LogP contribution in [-0.2, 0) is 4.74 Å². The monoisotopic (exact) mass is 418 g/mol. The summed E-state index contributed by atoms with van der Waals surface area (Å²) < 4.78 is 5.50. The molecule has 0 radical (unpaired) electrons. The van der Waals surface area contributed by atoms with Crippen molar-refractivity contribution in [2.24, 2.45) is 5.92 Å². The molecule has 1 unspecified atom stereocenters. The van der Waals surface area contributed by atoms with E-state index in [-0.39, 0.29) is 0 Å². The average molecular weight is 419 g/mol. The Labute approximate surface area is 183 Å². The molecular formula is C24H30N6O. The number of nitrogens with zero attached hydrogens (tertiary/aromatic N) is 4. The summed E-state index contributed by atoms with van der Waals surface area (Å²) in [5.74, 6) is 1.43. The summed E-state index contributed by atoms with van der Waals surface area (Å²) in [5.41, 5.74) is 6.25. The highest BCUT2D eigenvalue weighted by Crippen LogP contribution is 2.30. The molecule has 0 bridgehead atoms. The predicted octanol–water partition coefficient (Wildman–Crippen LogP) is 3.25. The van der Waals surface area contributed by atoms with Crippen molar-refractivity contribution in [1.82, 2.24) is 20.3 Å². The third-order valence-electron chi connectivity index (χ3n) is 6.26. The smallest absolute Gasteiger partial charge is 0.154 e. The number of rotatable bonds is 5. The van der Waals surface area contributed by atoms with Crippen molar-refractivity contribution in [3.63, 3.8) is 0 Å². The fourth-order valence-corrected chi connectivity index (χ4v) is 4.56. The zero-order valence-corrected chi connectivity index (χ0v) is 18.1. The van der Waals surface area contributed by atoms with Gasteiger partial charge in [0.05, 0.1) is 24.4 Å². The van der Waals surface area contributed by atoms with E-state index in [1.165, 1.54) is 24.1 Å². The second-order valence-corrected chi connectivity index (χ2v) is 8.47. The number of aromatic nitrogens is 3. The fourth-order valence-electron chi connectivity index (χ4n) is 4.56. The van der Waals surface area contributed by atoms with Crippen LogP contribution in [0.1, 0.15) is 18.4 Å². The molecule has 7 nitrogen and oxygen atoms in total. The number of hydrogen-bond donors (Lipinski definition) is 2. The average Bonchev–Trinajstić information content (AvgIpc) is 2.83. The number of anilines is 2. The first-order chi connectivity index (χ1) is 15.3. The highest BCUT2D eigenvalue weighted by atomic mass is 16.5. The van der Waals surface area contributed by atoms with Crippen LogP contribution in [0.3, 0.4) is 0 Å². The first-order valence-electron chi connectivity index (χ1n) is 11.3. The number of benzene rings is 1. The number of ether oxygens (including phenoxy) is 1. The summed E-state index contributed by atoms with van der Waals surface area (Å²) in [6, 6.07) is 8.64. The van der Waals surface area contributed by atoms with Gasteiger partial charge in [-0.05, 0) is 62.5 Å². The first kappa shape index (κ1) is 20.2. The normalized spacial score (nSPS) is 19.5. The maximum atomic E-state index is 5.50. The van der Waals surface area contributed by atoms with Crippen LogP contribution in [0.2, 0.25) is 0 Å². The molecule has 2 aliphatic rings. The van der Waals surface area contributed by atoms with Gasteiger partial charge in [0.1, 0.15) is 5.52 Å². The quantitative estimate of drug-likeness (QED) is 0.659. The van der Waals surface area contributed by atoms with E-state index in [0.717, 1.165) is 74.0 Å². The molecule has 1 aromatic carbocycles. The zero-order valence-electron chi connectivity index (χ0n) is 18.1. The third kappa shape index (κ3) is 4.48. The van der Waals surface area contributed by atoms with E-state index >= 15 is 0 Å². The standard InChI is InChI=1S/C24H30N6O/c1-17-13-19(4-5-22(17)30-9-11-31-12-10-30)20-14-21-23(27-8-7-26-21)24(29-20)28-16-18-3-2-6-25-15-18/h4-5,7-8,13-14,18,25H,2-3,6,9-12,15-16H2,1H3,(H,28,29). The predicted molar refractivity (Wildman–Crippen MR) is 125 cm³/mol. The largest absolute Gasteiger partial charge is 0.378 e. The molecule has 5 rings (SSSR count). The van der Waals surface area contributed by atoms with Gasteiger partial charge in [0.15, 0.2) is 5.82 Å². The van der Waals surface area contributed by atoms with Crippen LogP contribution in [-0.4, -0.2) is 60.9 Å². The van der Waals surface area contributed by atoms with Gasteiger partial charge < -0.3 is 20.3 Å². The van der Waals surface area contributed by atoms with Gasteiger partial charge in [0.25, 0.3) is 0 Å². The van der Waals surface area contributed by atoms with Gasteiger partial charge in [-0.15, -0.1) is 0 Å². The molecule has 3 aromatic rings. The molecule has 7 heteroatoms. The molecule has 2 aliphatic heterocycles. The minimum Gasteiger partial charge on any atom is -0.378 e. The van der Waals surface area contributed by atoms with Gasteiger partial charge in [0, 0.05) is 43.3 Å².